The summed E-state index contributed by atoms with van der Waals surface area (Å²) < 4.78 is 5.45. The molecule has 2 heterocycles. The maximum Gasteiger partial charge on any atom is 0.194 e. The Hall–Kier alpha value is -1.16. The Morgan fingerprint density at radius 1 is 1.40 bits per heavy atom. The highest BCUT2D eigenvalue weighted by Crippen LogP contribution is 2.22. The molecule has 0 atom stereocenters. The van der Waals surface area contributed by atoms with Crippen LogP contribution in [-0.2, 0) is 13.1 Å². The van der Waals surface area contributed by atoms with E-state index in [1.54, 1.807) is 18.4 Å². The van der Waals surface area contributed by atoms with Gasteiger partial charge in [0.25, 0.3) is 0 Å². The van der Waals surface area contributed by atoms with Crippen molar-refractivity contribution in [2.75, 3.05) is 14.1 Å². The van der Waals surface area contributed by atoms with Crippen molar-refractivity contribution in [1.82, 2.24) is 20.4 Å². The smallest absolute Gasteiger partial charge is 0.194 e. The molecule has 140 valence electrons. The first kappa shape index (κ1) is 21.9. The molecule has 0 amide bonds. The lowest BCUT2D eigenvalue weighted by molar-refractivity contribution is 0.365. The van der Waals surface area contributed by atoms with Crippen molar-refractivity contribution in [3.05, 3.63) is 33.6 Å². The number of hydrogen-bond acceptors (Lipinski definition) is 5. The molecule has 0 bridgehead atoms. The Morgan fingerprint density at radius 2 is 2.12 bits per heavy atom. The highest BCUT2D eigenvalue weighted by Gasteiger charge is 2.14. The van der Waals surface area contributed by atoms with E-state index in [1.807, 2.05) is 24.9 Å². The van der Waals surface area contributed by atoms with Gasteiger partial charge < -0.3 is 14.7 Å². The lowest BCUT2D eigenvalue weighted by Gasteiger charge is -2.20. The second-order valence-corrected chi connectivity index (χ2v) is 6.91. The number of thiazole rings is 1. The average molecular weight is 477 g/mol. The molecule has 0 spiro atoms. The molecule has 2 aromatic rings. The van der Waals surface area contributed by atoms with Gasteiger partial charge in [0.15, 0.2) is 11.7 Å². The molecule has 2 aromatic heterocycles. The van der Waals surface area contributed by atoms with Crippen LogP contribution < -0.4 is 5.32 Å². The molecule has 8 heteroatoms. The van der Waals surface area contributed by atoms with Gasteiger partial charge in [0.05, 0.1) is 29.5 Å². The van der Waals surface area contributed by atoms with Crippen LogP contribution in [0, 0.1) is 6.92 Å². The van der Waals surface area contributed by atoms with Crippen LogP contribution in [0.5, 0.6) is 0 Å². The number of aryl methyl sites for hydroxylation is 1. The minimum atomic E-state index is 0. The fraction of sp³-hybridized carbons (Fsp3) is 0.588. The van der Waals surface area contributed by atoms with Gasteiger partial charge in [0, 0.05) is 31.5 Å². The summed E-state index contributed by atoms with van der Waals surface area (Å²) in [5.74, 6) is 2.11. The van der Waals surface area contributed by atoms with Gasteiger partial charge in [-0.3, -0.25) is 4.99 Å². The van der Waals surface area contributed by atoms with Crippen LogP contribution in [0.4, 0.5) is 0 Å². The molecule has 0 fully saturated rings. The Morgan fingerprint density at radius 3 is 2.68 bits per heavy atom. The Kier molecular flexibility index (Phi) is 9.41. The third-order valence-corrected chi connectivity index (χ3v) is 4.86. The molecule has 0 radical (unpaired) electrons. The van der Waals surface area contributed by atoms with Crippen molar-refractivity contribution in [2.45, 2.75) is 52.6 Å². The number of hydrogen-bond donors (Lipinski definition) is 1. The van der Waals surface area contributed by atoms with Gasteiger partial charge in [-0.15, -0.1) is 35.3 Å². The van der Waals surface area contributed by atoms with Crippen LogP contribution in [-0.4, -0.2) is 35.1 Å². The Balaban J connectivity index is 0.00000312. The van der Waals surface area contributed by atoms with E-state index < -0.39 is 0 Å². The first-order valence-electron chi connectivity index (χ1n) is 8.35. The summed E-state index contributed by atoms with van der Waals surface area (Å²) >= 11 is 1.66. The second kappa shape index (κ2) is 10.7. The van der Waals surface area contributed by atoms with Gasteiger partial charge in [0.2, 0.25) is 0 Å². The van der Waals surface area contributed by atoms with Crippen LogP contribution >= 0.6 is 35.3 Å². The summed E-state index contributed by atoms with van der Waals surface area (Å²) in [6.07, 6.45) is 2.15. The van der Waals surface area contributed by atoms with Gasteiger partial charge in [0.1, 0.15) is 0 Å². The number of aromatic nitrogens is 2. The van der Waals surface area contributed by atoms with E-state index >= 15 is 0 Å². The van der Waals surface area contributed by atoms with E-state index in [0.717, 1.165) is 47.5 Å². The third-order valence-electron chi connectivity index (χ3n) is 4.04. The number of nitrogens with one attached hydrogen (secondary N) is 1. The number of rotatable bonds is 7. The monoisotopic (exact) mass is 477 g/mol. The standard InChI is InChI=1S/C17H27N5OS.HI/c1-6-13(7-2)16-8-15(23-21-16)9-19-17(18-4)22(5)10-14-11-24-12(3)20-14;/h8,11,13H,6-7,9-10H2,1-5H3,(H,18,19);1H. The highest BCUT2D eigenvalue weighted by molar-refractivity contribution is 14.0. The number of aliphatic imine (C=N–C) groups is 1. The zero-order valence-corrected chi connectivity index (χ0v) is 18.7. The summed E-state index contributed by atoms with van der Waals surface area (Å²) in [5, 5.41) is 10.7. The van der Waals surface area contributed by atoms with Gasteiger partial charge in [-0.1, -0.05) is 19.0 Å². The molecular weight excluding hydrogens is 449 g/mol. The molecule has 0 unspecified atom stereocenters. The van der Waals surface area contributed by atoms with Crippen LogP contribution in [0.15, 0.2) is 21.0 Å². The zero-order valence-electron chi connectivity index (χ0n) is 15.6. The predicted molar refractivity (Wildman–Crippen MR) is 114 cm³/mol. The molecule has 6 nitrogen and oxygen atoms in total. The van der Waals surface area contributed by atoms with E-state index in [1.165, 1.54) is 0 Å². The molecule has 0 aliphatic carbocycles. The van der Waals surface area contributed by atoms with Gasteiger partial charge in [-0.05, 0) is 19.8 Å². The minimum absolute atomic E-state index is 0. The zero-order chi connectivity index (χ0) is 17.5. The van der Waals surface area contributed by atoms with E-state index in [4.69, 9.17) is 4.52 Å². The van der Waals surface area contributed by atoms with Crippen LogP contribution in [0.25, 0.3) is 0 Å². The molecule has 1 N–H and O–H groups in total. The molecule has 0 aromatic carbocycles. The number of halogens is 1. The molecule has 0 saturated carbocycles. The van der Waals surface area contributed by atoms with Crippen molar-refractivity contribution in [1.29, 1.82) is 0 Å². The van der Waals surface area contributed by atoms with Crippen LogP contribution in [0.3, 0.4) is 0 Å². The lowest BCUT2D eigenvalue weighted by Crippen LogP contribution is -2.38. The molecule has 0 saturated heterocycles. The SMILES string of the molecule is CCC(CC)c1cc(CNC(=NC)N(C)Cc2csc(C)n2)on1.I. The lowest BCUT2D eigenvalue weighted by atomic mass is 9.99. The maximum atomic E-state index is 5.45. The van der Waals surface area contributed by atoms with Gasteiger partial charge in [-0.2, -0.15) is 0 Å². The normalized spacial score (nSPS) is 11.5. The topological polar surface area (TPSA) is 66.6 Å². The van der Waals surface area contributed by atoms with Gasteiger partial charge >= 0.3 is 0 Å². The summed E-state index contributed by atoms with van der Waals surface area (Å²) in [5.41, 5.74) is 2.09. The van der Waals surface area contributed by atoms with Crippen molar-refractivity contribution >= 4 is 41.3 Å². The van der Waals surface area contributed by atoms with E-state index in [-0.39, 0.29) is 24.0 Å². The summed E-state index contributed by atoms with van der Waals surface area (Å²) in [6.45, 7) is 7.66. The fourth-order valence-corrected chi connectivity index (χ4v) is 3.27. The molecule has 0 aliphatic rings. The van der Waals surface area contributed by atoms with Crippen LogP contribution in [0.2, 0.25) is 0 Å². The van der Waals surface area contributed by atoms with E-state index in [9.17, 15) is 0 Å². The molecule has 25 heavy (non-hydrogen) atoms. The highest BCUT2D eigenvalue weighted by atomic mass is 127. The van der Waals surface area contributed by atoms with E-state index in [0.29, 0.717) is 12.5 Å². The first-order valence-corrected chi connectivity index (χ1v) is 9.23. The molecule has 0 aliphatic heterocycles. The first-order chi connectivity index (χ1) is 11.6. The van der Waals surface area contributed by atoms with Crippen molar-refractivity contribution in [3.8, 4) is 0 Å². The number of guanidine groups is 1. The van der Waals surface area contributed by atoms with Crippen molar-refractivity contribution in [3.63, 3.8) is 0 Å². The van der Waals surface area contributed by atoms with Crippen LogP contribution in [0.1, 0.15) is 54.8 Å². The quantitative estimate of drug-likeness (QED) is 0.369. The summed E-state index contributed by atoms with van der Waals surface area (Å²) in [6, 6.07) is 2.04. The van der Waals surface area contributed by atoms with Gasteiger partial charge in [-0.25, -0.2) is 4.98 Å². The Bertz CT molecular complexity index is 666. The fourth-order valence-electron chi connectivity index (χ4n) is 2.66. The predicted octanol–water partition coefficient (Wildman–Crippen LogP) is 4.17. The molecule has 2 rings (SSSR count). The Labute approximate surface area is 171 Å². The third kappa shape index (κ3) is 6.25. The second-order valence-electron chi connectivity index (χ2n) is 5.85. The summed E-state index contributed by atoms with van der Waals surface area (Å²) in [4.78, 5) is 10.9. The van der Waals surface area contributed by atoms with Crippen molar-refractivity contribution < 1.29 is 4.52 Å². The molecular formula is C17H28IN5OS. The summed E-state index contributed by atoms with van der Waals surface area (Å²) in [7, 11) is 3.78. The van der Waals surface area contributed by atoms with Crippen molar-refractivity contribution in [2.24, 2.45) is 4.99 Å². The average Bonchev–Trinajstić information content (AvgIpc) is 3.19. The number of nitrogens with zero attached hydrogens (tertiary/aromatic N) is 4. The van der Waals surface area contributed by atoms with E-state index in [2.05, 4.69) is 39.7 Å². The largest absolute Gasteiger partial charge is 0.359 e. The minimum Gasteiger partial charge on any atom is -0.359 e. The maximum absolute atomic E-state index is 5.45.